The van der Waals surface area contributed by atoms with Gasteiger partial charge >= 0.3 is 6.09 Å². The Kier molecular flexibility index (Phi) is 10.0. The number of alkyl halides is 1. The summed E-state index contributed by atoms with van der Waals surface area (Å²) in [6.45, 7) is 10.7. The molecule has 0 radical (unpaired) electrons. The number of ether oxygens (including phenoxy) is 2. The number of halogens is 2. The maximum Gasteiger partial charge on any atom is 0.409 e. The van der Waals surface area contributed by atoms with E-state index in [1.54, 1.807) is 23.1 Å². The summed E-state index contributed by atoms with van der Waals surface area (Å²) in [6, 6.07) is 5.24. The van der Waals surface area contributed by atoms with E-state index in [0.717, 1.165) is 17.5 Å². The number of nitrogens with zero attached hydrogens (tertiary/aromatic N) is 5. The van der Waals surface area contributed by atoms with Gasteiger partial charge in [-0.25, -0.2) is 19.2 Å². The van der Waals surface area contributed by atoms with Gasteiger partial charge in [-0.2, -0.15) is 0 Å². The van der Waals surface area contributed by atoms with Gasteiger partial charge in [-0.15, -0.1) is 0 Å². The molecule has 12 heteroatoms. The number of carbonyl (C=O) groups is 1. The summed E-state index contributed by atoms with van der Waals surface area (Å²) in [6.07, 6.45) is -0.817. The Hall–Kier alpha value is -3.44. The van der Waals surface area contributed by atoms with Crippen molar-refractivity contribution in [1.29, 1.82) is 0 Å². The van der Waals surface area contributed by atoms with Crippen molar-refractivity contribution >= 4 is 23.5 Å². The van der Waals surface area contributed by atoms with Gasteiger partial charge in [0, 0.05) is 37.3 Å². The van der Waals surface area contributed by atoms with Gasteiger partial charge in [-0.1, -0.05) is 30.1 Å². The third-order valence-corrected chi connectivity index (χ3v) is 7.24. The van der Waals surface area contributed by atoms with Gasteiger partial charge in [-0.05, 0) is 52.3 Å². The van der Waals surface area contributed by atoms with Crippen molar-refractivity contribution in [3.63, 3.8) is 0 Å². The number of aromatic nitrogens is 3. The molecule has 0 bridgehead atoms. The maximum absolute atomic E-state index is 13.2. The predicted molar refractivity (Wildman–Crippen MR) is 154 cm³/mol. The third-order valence-electron chi connectivity index (χ3n) is 6.91. The average molecular weight is 590 g/mol. The van der Waals surface area contributed by atoms with Crippen molar-refractivity contribution < 1.29 is 28.3 Å². The Balaban J connectivity index is 1.69. The first-order valence-electron chi connectivity index (χ1n) is 13.8. The fraction of sp³-hybridized carbons (Fsp3) is 0.517. The van der Waals surface area contributed by atoms with E-state index in [0.29, 0.717) is 77.7 Å². The third kappa shape index (κ3) is 7.26. The molecule has 1 fully saturated rings. The molecule has 0 spiro atoms. The summed E-state index contributed by atoms with van der Waals surface area (Å²) >= 11 is 6.65. The van der Waals surface area contributed by atoms with Crippen molar-refractivity contribution in [2.75, 3.05) is 44.3 Å². The Morgan fingerprint density at radius 1 is 1.17 bits per heavy atom. The number of rotatable bonds is 10. The minimum absolute atomic E-state index is 0.163. The van der Waals surface area contributed by atoms with Crippen molar-refractivity contribution in [2.24, 2.45) is 0 Å². The molecule has 1 amide bonds. The van der Waals surface area contributed by atoms with E-state index in [1.807, 2.05) is 27.7 Å². The van der Waals surface area contributed by atoms with E-state index in [-0.39, 0.29) is 13.2 Å². The van der Waals surface area contributed by atoms with Crippen molar-refractivity contribution in [2.45, 2.75) is 59.7 Å². The van der Waals surface area contributed by atoms with Gasteiger partial charge in [-0.3, -0.25) is 0 Å². The molecule has 1 aromatic carbocycles. The van der Waals surface area contributed by atoms with E-state index in [2.05, 4.69) is 10.1 Å². The molecule has 3 heterocycles. The number of amides is 1. The van der Waals surface area contributed by atoms with E-state index in [9.17, 15) is 14.3 Å². The Morgan fingerprint density at radius 3 is 2.54 bits per heavy atom. The van der Waals surface area contributed by atoms with Crippen LogP contribution in [0.25, 0.3) is 22.6 Å². The first-order valence-corrected chi connectivity index (χ1v) is 14.2. The highest BCUT2D eigenvalue weighted by atomic mass is 35.5. The molecule has 1 unspecified atom stereocenters. The average Bonchev–Trinajstić information content (AvgIpc) is 3.29. The van der Waals surface area contributed by atoms with Crippen LogP contribution in [-0.4, -0.2) is 82.9 Å². The van der Waals surface area contributed by atoms with Crippen LogP contribution in [0.1, 0.15) is 43.7 Å². The Bertz CT molecular complexity index is 1340. The first-order chi connectivity index (χ1) is 19.6. The summed E-state index contributed by atoms with van der Waals surface area (Å²) in [5.41, 5.74) is 3.55. The van der Waals surface area contributed by atoms with E-state index >= 15 is 0 Å². The van der Waals surface area contributed by atoms with E-state index in [1.165, 1.54) is 6.92 Å². The van der Waals surface area contributed by atoms with Gasteiger partial charge in [0.15, 0.2) is 5.82 Å². The quantitative estimate of drug-likeness (QED) is 0.326. The maximum atomic E-state index is 13.2. The second-order valence-corrected chi connectivity index (χ2v) is 10.7. The van der Waals surface area contributed by atoms with Crippen molar-refractivity contribution in [3.8, 4) is 28.4 Å². The van der Waals surface area contributed by atoms with Gasteiger partial charge < -0.3 is 28.9 Å². The van der Waals surface area contributed by atoms with Crippen LogP contribution in [0, 0.1) is 20.8 Å². The smallest absolute Gasteiger partial charge is 0.409 e. The Labute approximate surface area is 244 Å². The molecule has 1 aliphatic heterocycles. The lowest BCUT2D eigenvalue weighted by atomic mass is 10.0. The molecule has 10 nitrogen and oxygen atoms in total. The lowest BCUT2D eigenvalue weighted by molar-refractivity contribution is 0.0797. The molecule has 1 N–H and O–H groups in total. The van der Waals surface area contributed by atoms with Crippen molar-refractivity contribution in [3.05, 3.63) is 40.2 Å². The molecular formula is C29H37ClFN5O5. The fourth-order valence-electron chi connectivity index (χ4n) is 4.75. The van der Waals surface area contributed by atoms with E-state index < -0.39 is 18.4 Å². The highest BCUT2D eigenvalue weighted by Crippen LogP contribution is 2.37. The minimum Gasteiger partial charge on any atom is -0.491 e. The second-order valence-electron chi connectivity index (χ2n) is 10.3. The van der Waals surface area contributed by atoms with E-state index in [4.69, 9.17) is 35.6 Å². The fourth-order valence-corrected chi connectivity index (χ4v) is 4.95. The standard InChI is InChI=1S/C29H37ClFN5O5/c1-6-7-21(37)16-39-22-8-9-24(30)23(14-22)27-32-26(25-19(4)34-41-20(25)5)18(3)28(33-27)35-10-12-36(13-11-35)29(38)40-15-17(2)31/h8-9,14,17,21,37H,6-7,10-13,15-16H2,1-5H3/t17?,21-/m1/s1. The van der Waals surface area contributed by atoms with Gasteiger partial charge in [0.1, 0.15) is 36.7 Å². The lowest BCUT2D eigenvalue weighted by Crippen LogP contribution is -2.49. The molecule has 2 aromatic heterocycles. The van der Waals surface area contributed by atoms with Crippen LogP contribution in [-0.2, 0) is 4.74 Å². The first kappa shape index (κ1) is 30.5. The number of aryl methyl sites for hydroxylation is 2. The summed E-state index contributed by atoms with van der Waals surface area (Å²) in [5, 5.41) is 14.7. The predicted octanol–water partition coefficient (Wildman–Crippen LogP) is 5.53. The molecule has 41 heavy (non-hydrogen) atoms. The number of aliphatic hydroxyl groups is 1. The zero-order valence-corrected chi connectivity index (χ0v) is 24.9. The zero-order chi connectivity index (χ0) is 29.7. The molecule has 0 saturated carbocycles. The van der Waals surface area contributed by atoms with Crippen molar-refractivity contribution in [1.82, 2.24) is 20.0 Å². The normalized spacial score (nSPS) is 15.1. The summed E-state index contributed by atoms with van der Waals surface area (Å²) in [5.74, 6) is 2.25. The van der Waals surface area contributed by atoms with Crippen LogP contribution >= 0.6 is 11.6 Å². The molecular weight excluding hydrogens is 553 g/mol. The summed E-state index contributed by atoms with van der Waals surface area (Å²) < 4.78 is 29.5. The molecule has 222 valence electrons. The monoisotopic (exact) mass is 589 g/mol. The van der Waals surface area contributed by atoms with Crippen LogP contribution in [0.5, 0.6) is 5.75 Å². The van der Waals surface area contributed by atoms with Gasteiger partial charge in [0.05, 0.1) is 28.1 Å². The minimum atomic E-state index is -1.22. The SMILES string of the molecule is CCC[C@@H](O)COc1ccc(Cl)c(-c2nc(-c3c(C)noc3C)c(C)c(N3CCN(C(=O)OCC(C)F)CC3)n2)c1. The zero-order valence-electron chi connectivity index (χ0n) is 24.1. The van der Waals surface area contributed by atoms with Crippen LogP contribution in [0.15, 0.2) is 22.7 Å². The number of benzene rings is 1. The van der Waals surface area contributed by atoms with Gasteiger partial charge in [0.2, 0.25) is 0 Å². The highest BCUT2D eigenvalue weighted by molar-refractivity contribution is 6.33. The molecule has 1 aliphatic rings. The number of aliphatic hydroxyl groups excluding tert-OH is 1. The number of anilines is 1. The molecule has 1 saturated heterocycles. The van der Waals surface area contributed by atoms with Crippen LogP contribution in [0.3, 0.4) is 0 Å². The lowest BCUT2D eigenvalue weighted by Gasteiger charge is -2.35. The number of piperazine rings is 1. The summed E-state index contributed by atoms with van der Waals surface area (Å²) in [7, 11) is 0. The molecule has 4 rings (SSSR count). The molecule has 2 atom stereocenters. The number of carbonyl (C=O) groups excluding carboxylic acids is 1. The second kappa shape index (κ2) is 13.5. The topological polar surface area (TPSA) is 114 Å². The van der Waals surface area contributed by atoms with Crippen LogP contribution in [0.2, 0.25) is 5.02 Å². The number of hydrogen-bond donors (Lipinski definition) is 1. The van der Waals surface area contributed by atoms with Crippen LogP contribution < -0.4 is 9.64 Å². The highest BCUT2D eigenvalue weighted by Gasteiger charge is 2.28. The van der Waals surface area contributed by atoms with Gasteiger partial charge in [0.25, 0.3) is 0 Å². The molecule has 0 aliphatic carbocycles. The number of hydrogen-bond acceptors (Lipinski definition) is 9. The van der Waals surface area contributed by atoms with Crippen LogP contribution in [0.4, 0.5) is 15.0 Å². The molecule has 3 aromatic rings. The Morgan fingerprint density at radius 2 is 1.90 bits per heavy atom. The largest absolute Gasteiger partial charge is 0.491 e. The summed E-state index contributed by atoms with van der Waals surface area (Å²) in [4.78, 5) is 25.9.